The van der Waals surface area contributed by atoms with Crippen LogP contribution >= 0.6 is 15.9 Å². The Balaban J connectivity index is 2.07. The molecule has 20 heavy (non-hydrogen) atoms. The van der Waals surface area contributed by atoms with Gasteiger partial charge in [-0.3, -0.25) is 0 Å². The van der Waals surface area contributed by atoms with Crippen LogP contribution in [0, 0.1) is 0 Å². The van der Waals surface area contributed by atoms with Gasteiger partial charge in [-0.25, -0.2) is 4.79 Å². The first-order chi connectivity index (χ1) is 9.58. The Bertz CT molecular complexity index is 610. The lowest BCUT2D eigenvalue weighted by atomic mass is 9.98. The number of carboxylic acid groups (broad SMARTS) is 1. The minimum atomic E-state index is -0.933. The molecule has 0 amide bonds. The number of hydrogen-bond acceptors (Lipinski definition) is 2. The molecule has 0 aliphatic heterocycles. The molecule has 104 valence electrons. The third-order valence-corrected chi connectivity index (χ3v) is 3.66. The van der Waals surface area contributed by atoms with Gasteiger partial charge in [0.2, 0.25) is 0 Å². The van der Waals surface area contributed by atoms with Crippen molar-refractivity contribution in [1.29, 1.82) is 0 Å². The highest BCUT2D eigenvalue weighted by Crippen LogP contribution is 2.23. The molecular weight excluding hydrogens is 320 g/mol. The fraction of sp³-hybridized carbons (Fsp3) is 0.188. The summed E-state index contributed by atoms with van der Waals surface area (Å²) < 4.78 is 0.917. The Morgan fingerprint density at radius 2 is 1.90 bits per heavy atom. The van der Waals surface area contributed by atoms with Gasteiger partial charge in [0.1, 0.15) is 0 Å². The molecule has 0 spiro atoms. The van der Waals surface area contributed by atoms with Crippen LogP contribution in [0.4, 0.5) is 0 Å². The lowest BCUT2D eigenvalue weighted by Gasteiger charge is -2.12. The largest absolute Gasteiger partial charge is 0.478 e. The summed E-state index contributed by atoms with van der Waals surface area (Å²) in [6.07, 6.45) is 0.408. The Hall–Kier alpha value is -1.65. The predicted molar refractivity (Wildman–Crippen MR) is 80.8 cm³/mol. The van der Waals surface area contributed by atoms with E-state index in [1.165, 1.54) is 0 Å². The second kappa shape index (κ2) is 6.68. The Labute approximate surface area is 126 Å². The topological polar surface area (TPSA) is 57.5 Å². The van der Waals surface area contributed by atoms with Crippen LogP contribution in [0.5, 0.6) is 0 Å². The van der Waals surface area contributed by atoms with Gasteiger partial charge in [-0.15, -0.1) is 0 Å². The molecule has 1 atom stereocenters. The number of benzene rings is 2. The summed E-state index contributed by atoms with van der Waals surface area (Å²) >= 11 is 3.37. The van der Waals surface area contributed by atoms with Crippen molar-refractivity contribution in [2.24, 2.45) is 0 Å². The number of aromatic carboxylic acids is 1. The highest BCUT2D eigenvalue weighted by Gasteiger charge is 2.12. The maximum atomic E-state index is 11.1. The van der Waals surface area contributed by atoms with Gasteiger partial charge >= 0.3 is 5.97 Å². The van der Waals surface area contributed by atoms with Crippen LogP contribution in [0.15, 0.2) is 53.0 Å². The summed E-state index contributed by atoms with van der Waals surface area (Å²) in [5.74, 6) is -0.933. The molecule has 0 aliphatic carbocycles. The van der Waals surface area contributed by atoms with Crippen molar-refractivity contribution in [2.45, 2.75) is 18.9 Å². The van der Waals surface area contributed by atoms with E-state index in [2.05, 4.69) is 15.9 Å². The average Bonchev–Trinajstić information content (AvgIpc) is 2.45. The first kappa shape index (κ1) is 14.8. The highest BCUT2D eigenvalue weighted by molar-refractivity contribution is 9.10. The van der Waals surface area contributed by atoms with Crippen LogP contribution < -0.4 is 0 Å². The molecule has 2 aromatic rings. The quantitative estimate of drug-likeness (QED) is 0.873. The summed E-state index contributed by atoms with van der Waals surface area (Å²) in [7, 11) is 0. The second-order valence-corrected chi connectivity index (χ2v) is 5.49. The summed E-state index contributed by atoms with van der Waals surface area (Å²) in [5, 5.41) is 19.3. The van der Waals surface area contributed by atoms with Crippen molar-refractivity contribution < 1.29 is 15.0 Å². The Morgan fingerprint density at radius 3 is 2.60 bits per heavy atom. The first-order valence-corrected chi connectivity index (χ1v) is 7.12. The van der Waals surface area contributed by atoms with Crippen molar-refractivity contribution >= 4 is 21.9 Å². The Morgan fingerprint density at radius 1 is 1.15 bits per heavy atom. The van der Waals surface area contributed by atoms with Crippen molar-refractivity contribution in [3.8, 4) is 0 Å². The maximum absolute atomic E-state index is 11.1. The van der Waals surface area contributed by atoms with Crippen LogP contribution in [0.1, 0.15) is 34.0 Å². The zero-order valence-corrected chi connectivity index (χ0v) is 12.4. The molecule has 0 bridgehead atoms. The standard InChI is InChI=1S/C16H15BrO3/c17-13-6-3-5-12(10-13)15(18)9-8-11-4-1-2-7-14(11)16(19)20/h1-7,10,15,18H,8-9H2,(H,19,20)/t15-/m0/s1. The fourth-order valence-corrected chi connectivity index (χ4v) is 2.54. The molecule has 0 fully saturated rings. The van der Waals surface area contributed by atoms with Crippen molar-refractivity contribution in [3.05, 3.63) is 69.7 Å². The number of hydrogen-bond donors (Lipinski definition) is 2. The zero-order chi connectivity index (χ0) is 14.5. The van der Waals surface area contributed by atoms with Crippen LogP contribution in [-0.4, -0.2) is 16.2 Å². The third-order valence-electron chi connectivity index (χ3n) is 3.17. The Kier molecular flexibility index (Phi) is 4.93. The third kappa shape index (κ3) is 3.68. The van der Waals surface area contributed by atoms with Crippen molar-refractivity contribution in [2.75, 3.05) is 0 Å². The van der Waals surface area contributed by atoms with E-state index in [1.54, 1.807) is 18.2 Å². The average molecular weight is 335 g/mol. The normalized spacial score (nSPS) is 12.1. The van der Waals surface area contributed by atoms with E-state index in [9.17, 15) is 9.90 Å². The highest BCUT2D eigenvalue weighted by atomic mass is 79.9. The molecule has 3 nitrogen and oxygen atoms in total. The molecule has 2 aromatic carbocycles. The van der Waals surface area contributed by atoms with E-state index in [1.807, 2.05) is 30.3 Å². The van der Waals surface area contributed by atoms with Crippen LogP contribution in [0.3, 0.4) is 0 Å². The predicted octanol–water partition coefficient (Wildman–Crippen LogP) is 3.81. The molecule has 2 N–H and O–H groups in total. The molecule has 0 aliphatic rings. The molecule has 4 heteroatoms. The van der Waals surface area contributed by atoms with E-state index >= 15 is 0 Å². The van der Waals surface area contributed by atoms with Gasteiger partial charge in [0.15, 0.2) is 0 Å². The molecule has 0 saturated carbocycles. The number of aliphatic hydroxyl groups is 1. The summed E-state index contributed by atoms with van der Waals surface area (Å²) in [6.45, 7) is 0. The monoisotopic (exact) mass is 334 g/mol. The van der Waals surface area contributed by atoms with E-state index in [4.69, 9.17) is 5.11 Å². The van der Waals surface area contributed by atoms with Gasteiger partial charge in [0, 0.05) is 4.47 Å². The van der Waals surface area contributed by atoms with E-state index in [0.29, 0.717) is 18.4 Å². The van der Waals surface area contributed by atoms with E-state index in [0.717, 1.165) is 15.6 Å². The van der Waals surface area contributed by atoms with Gasteiger partial charge in [-0.1, -0.05) is 46.3 Å². The van der Waals surface area contributed by atoms with Gasteiger partial charge in [0.05, 0.1) is 11.7 Å². The van der Waals surface area contributed by atoms with Crippen molar-refractivity contribution in [3.63, 3.8) is 0 Å². The van der Waals surface area contributed by atoms with E-state index in [-0.39, 0.29) is 0 Å². The summed E-state index contributed by atoms with van der Waals surface area (Å²) in [6, 6.07) is 14.4. The first-order valence-electron chi connectivity index (χ1n) is 6.32. The minimum absolute atomic E-state index is 0.300. The molecule has 0 heterocycles. The van der Waals surface area contributed by atoms with Crippen LogP contribution in [0.2, 0.25) is 0 Å². The molecule has 2 rings (SSSR count). The number of halogens is 1. The van der Waals surface area contributed by atoms with Crippen molar-refractivity contribution in [1.82, 2.24) is 0 Å². The van der Waals surface area contributed by atoms with Crippen LogP contribution in [-0.2, 0) is 6.42 Å². The number of carbonyl (C=O) groups is 1. The molecule has 0 aromatic heterocycles. The molecular formula is C16H15BrO3. The fourth-order valence-electron chi connectivity index (χ4n) is 2.12. The number of aryl methyl sites for hydroxylation is 1. The van der Waals surface area contributed by atoms with Gasteiger partial charge in [-0.2, -0.15) is 0 Å². The maximum Gasteiger partial charge on any atom is 0.335 e. The van der Waals surface area contributed by atoms with Gasteiger partial charge < -0.3 is 10.2 Å². The lowest BCUT2D eigenvalue weighted by Crippen LogP contribution is -2.05. The SMILES string of the molecule is O=C(O)c1ccccc1CC[C@H](O)c1cccc(Br)c1. The molecule has 0 unspecified atom stereocenters. The lowest BCUT2D eigenvalue weighted by molar-refractivity contribution is 0.0695. The summed E-state index contributed by atoms with van der Waals surface area (Å²) in [4.78, 5) is 11.1. The van der Waals surface area contributed by atoms with Gasteiger partial charge in [-0.05, 0) is 42.2 Å². The van der Waals surface area contributed by atoms with E-state index < -0.39 is 12.1 Å². The number of carboxylic acids is 1. The number of rotatable bonds is 5. The number of aliphatic hydroxyl groups excluding tert-OH is 1. The molecule has 0 radical (unpaired) electrons. The zero-order valence-electron chi connectivity index (χ0n) is 10.8. The second-order valence-electron chi connectivity index (χ2n) is 4.57. The smallest absolute Gasteiger partial charge is 0.335 e. The van der Waals surface area contributed by atoms with Gasteiger partial charge in [0.25, 0.3) is 0 Å². The summed E-state index contributed by atoms with van der Waals surface area (Å²) in [5.41, 5.74) is 1.87. The van der Waals surface area contributed by atoms with Crippen LogP contribution in [0.25, 0.3) is 0 Å². The minimum Gasteiger partial charge on any atom is -0.478 e. The molecule has 0 saturated heterocycles.